The van der Waals surface area contributed by atoms with Crippen molar-refractivity contribution in [2.45, 2.75) is 66.2 Å². The van der Waals surface area contributed by atoms with E-state index in [-0.39, 0.29) is 25.0 Å². The number of carbonyl (C=O) groups excluding carboxylic acids is 1. The topological polar surface area (TPSA) is 94.8 Å². The Labute approximate surface area is 241 Å². The number of aromatic nitrogens is 4. The summed E-state index contributed by atoms with van der Waals surface area (Å²) in [4.78, 5) is 26.9. The maximum absolute atomic E-state index is 12.9. The lowest BCUT2D eigenvalue weighted by Gasteiger charge is -2.45. The maximum Gasteiger partial charge on any atom is 0.410 e. The number of carbonyl (C=O) groups is 1. The zero-order valence-electron chi connectivity index (χ0n) is 25.5. The number of fused-ring (bicyclic) bond motifs is 2. The molecule has 1 amide bonds. The lowest BCUT2D eigenvalue weighted by molar-refractivity contribution is 0.00566. The van der Waals surface area contributed by atoms with E-state index in [0.29, 0.717) is 24.7 Å². The molecular formula is C31H40N6O4. The van der Waals surface area contributed by atoms with Gasteiger partial charge in [0.15, 0.2) is 12.6 Å². The summed E-state index contributed by atoms with van der Waals surface area (Å²) in [6.45, 7) is 15.4. The van der Waals surface area contributed by atoms with Crippen LogP contribution in [0.4, 0.5) is 10.5 Å². The minimum absolute atomic E-state index is 0.000161. The molecule has 1 aliphatic heterocycles. The maximum atomic E-state index is 12.9. The van der Waals surface area contributed by atoms with Crippen LogP contribution in [0.2, 0.25) is 0 Å². The number of amides is 1. The van der Waals surface area contributed by atoms with Crippen LogP contribution in [0.5, 0.6) is 5.75 Å². The van der Waals surface area contributed by atoms with Crippen LogP contribution in [-0.2, 0) is 16.5 Å². The number of ether oxygens (including phenoxy) is 3. The van der Waals surface area contributed by atoms with Crippen molar-refractivity contribution in [1.82, 2.24) is 24.6 Å². The SMILES string of the molecule is COCOc1c(-c2nc(C)c3cc(N4C[C@H](C)N(C(=O)OC(C)(C)C)[C@@H](C)C4)ccc3n2)cc2cn(C)nc2c1C. The van der Waals surface area contributed by atoms with Crippen LogP contribution in [0, 0.1) is 13.8 Å². The Morgan fingerprint density at radius 3 is 2.44 bits per heavy atom. The van der Waals surface area contributed by atoms with Crippen LogP contribution >= 0.6 is 0 Å². The summed E-state index contributed by atoms with van der Waals surface area (Å²) in [5, 5.41) is 6.58. The van der Waals surface area contributed by atoms with E-state index in [9.17, 15) is 4.79 Å². The summed E-state index contributed by atoms with van der Waals surface area (Å²) < 4.78 is 18.7. The number of piperazine rings is 1. The van der Waals surface area contributed by atoms with E-state index in [1.54, 1.807) is 11.8 Å². The molecular weight excluding hydrogens is 520 g/mol. The van der Waals surface area contributed by atoms with Gasteiger partial charge in [-0.2, -0.15) is 5.10 Å². The summed E-state index contributed by atoms with van der Waals surface area (Å²) >= 11 is 0. The zero-order valence-corrected chi connectivity index (χ0v) is 25.5. The van der Waals surface area contributed by atoms with Gasteiger partial charge in [0.1, 0.15) is 11.4 Å². The van der Waals surface area contributed by atoms with Crippen molar-refractivity contribution in [3.05, 3.63) is 41.7 Å². The van der Waals surface area contributed by atoms with Gasteiger partial charge in [0.25, 0.3) is 0 Å². The van der Waals surface area contributed by atoms with Gasteiger partial charge in [-0.05, 0) is 72.7 Å². The third-order valence-electron chi connectivity index (χ3n) is 7.42. The van der Waals surface area contributed by atoms with Gasteiger partial charge in [0.2, 0.25) is 0 Å². The molecule has 10 heteroatoms. The van der Waals surface area contributed by atoms with Gasteiger partial charge in [-0.25, -0.2) is 14.8 Å². The molecule has 0 bridgehead atoms. The lowest BCUT2D eigenvalue weighted by Crippen LogP contribution is -2.59. The van der Waals surface area contributed by atoms with Gasteiger partial charge in [0, 0.05) is 61.2 Å². The number of anilines is 1. The average molecular weight is 561 g/mol. The lowest BCUT2D eigenvalue weighted by atomic mass is 10.0. The molecule has 0 unspecified atom stereocenters. The molecule has 218 valence electrons. The number of benzene rings is 2. The van der Waals surface area contributed by atoms with Gasteiger partial charge in [0.05, 0.1) is 28.7 Å². The number of rotatable bonds is 5. The van der Waals surface area contributed by atoms with E-state index in [2.05, 4.69) is 36.0 Å². The molecule has 0 spiro atoms. The number of aryl methyl sites for hydroxylation is 3. The minimum atomic E-state index is -0.526. The van der Waals surface area contributed by atoms with E-state index in [4.69, 9.17) is 24.2 Å². The summed E-state index contributed by atoms with van der Waals surface area (Å²) in [5.41, 5.74) is 4.88. The van der Waals surface area contributed by atoms with Crippen LogP contribution in [0.25, 0.3) is 33.2 Å². The highest BCUT2D eigenvalue weighted by molar-refractivity contribution is 5.92. The first-order chi connectivity index (χ1) is 19.4. The molecule has 0 radical (unpaired) electrons. The van der Waals surface area contributed by atoms with Crippen molar-refractivity contribution >= 4 is 33.6 Å². The minimum Gasteiger partial charge on any atom is -0.466 e. The Balaban J connectivity index is 1.47. The Morgan fingerprint density at radius 2 is 1.78 bits per heavy atom. The molecule has 3 heterocycles. The smallest absolute Gasteiger partial charge is 0.410 e. The fourth-order valence-corrected chi connectivity index (χ4v) is 5.70. The van der Waals surface area contributed by atoms with E-state index in [0.717, 1.165) is 44.3 Å². The van der Waals surface area contributed by atoms with Gasteiger partial charge in [-0.3, -0.25) is 9.58 Å². The Bertz CT molecular complexity index is 1600. The third-order valence-corrected chi connectivity index (χ3v) is 7.42. The van der Waals surface area contributed by atoms with Gasteiger partial charge in [-0.1, -0.05) is 0 Å². The van der Waals surface area contributed by atoms with Gasteiger partial charge in [-0.15, -0.1) is 0 Å². The van der Waals surface area contributed by atoms with E-state index in [1.165, 1.54) is 0 Å². The predicted octanol–water partition coefficient (Wildman–Crippen LogP) is 5.62. The highest BCUT2D eigenvalue weighted by Crippen LogP contribution is 2.38. The van der Waals surface area contributed by atoms with E-state index >= 15 is 0 Å². The van der Waals surface area contributed by atoms with Crippen LogP contribution in [0.15, 0.2) is 30.5 Å². The van der Waals surface area contributed by atoms with Crippen molar-refractivity contribution in [2.24, 2.45) is 7.05 Å². The Kier molecular flexibility index (Phi) is 7.54. The molecule has 4 aromatic rings. The number of hydrogen-bond donors (Lipinski definition) is 0. The second-order valence-electron chi connectivity index (χ2n) is 12.0. The first-order valence-corrected chi connectivity index (χ1v) is 14.0. The monoisotopic (exact) mass is 560 g/mol. The molecule has 10 nitrogen and oxygen atoms in total. The molecule has 1 fully saturated rings. The zero-order chi connectivity index (χ0) is 29.6. The van der Waals surface area contributed by atoms with E-state index < -0.39 is 5.60 Å². The summed E-state index contributed by atoms with van der Waals surface area (Å²) in [5.74, 6) is 1.26. The highest BCUT2D eigenvalue weighted by Gasteiger charge is 2.35. The highest BCUT2D eigenvalue weighted by atomic mass is 16.7. The molecule has 2 aromatic carbocycles. The van der Waals surface area contributed by atoms with Crippen LogP contribution in [-0.4, -0.2) is 75.4 Å². The molecule has 2 aromatic heterocycles. The van der Waals surface area contributed by atoms with Gasteiger partial charge >= 0.3 is 6.09 Å². The van der Waals surface area contributed by atoms with E-state index in [1.807, 2.05) is 64.9 Å². The van der Waals surface area contributed by atoms with Crippen molar-refractivity contribution in [3.8, 4) is 17.1 Å². The molecule has 1 aliphatic rings. The molecule has 0 N–H and O–H groups in total. The fraction of sp³-hybridized carbons (Fsp3) is 0.484. The Hall–Kier alpha value is -3.92. The predicted molar refractivity (Wildman–Crippen MR) is 160 cm³/mol. The first-order valence-electron chi connectivity index (χ1n) is 14.0. The second kappa shape index (κ2) is 10.8. The third kappa shape index (κ3) is 5.66. The summed E-state index contributed by atoms with van der Waals surface area (Å²) in [7, 11) is 3.50. The number of nitrogens with zero attached hydrogens (tertiary/aromatic N) is 6. The molecule has 2 atom stereocenters. The molecule has 0 aliphatic carbocycles. The molecule has 41 heavy (non-hydrogen) atoms. The van der Waals surface area contributed by atoms with Gasteiger partial charge < -0.3 is 19.1 Å². The Morgan fingerprint density at radius 1 is 1.07 bits per heavy atom. The summed E-state index contributed by atoms with van der Waals surface area (Å²) in [6, 6.07) is 8.32. The van der Waals surface area contributed by atoms with Crippen molar-refractivity contribution < 1.29 is 19.0 Å². The normalized spacial score (nSPS) is 17.9. The van der Waals surface area contributed by atoms with Crippen molar-refractivity contribution in [1.29, 1.82) is 0 Å². The number of hydrogen-bond acceptors (Lipinski definition) is 8. The summed E-state index contributed by atoms with van der Waals surface area (Å²) in [6.07, 6.45) is 1.72. The van der Waals surface area contributed by atoms with Crippen LogP contribution in [0.1, 0.15) is 45.9 Å². The number of methoxy groups -OCH3 is 1. The van der Waals surface area contributed by atoms with Crippen molar-refractivity contribution in [2.75, 3.05) is 31.9 Å². The van der Waals surface area contributed by atoms with Crippen LogP contribution < -0.4 is 9.64 Å². The first kappa shape index (κ1) is 28.6. The molecule has 5 rings (SSSR count). The largest absolute Gasteiger partial charge is 0.466 e. The van der Waals surface area contributed by atoms with Crippen molar-refractivity contribution in [3.63, 3.8) is 0 Å². The fourth-order valence-electron chi connectivity index (χ4n) is 5.70. The standard InChI is InChI=1S/C31H40N6O4/c1-18-14-36(15-19(2)37(18)30(38)41-31(5,6)7)23-10-11-26-24(13-23)21(4)32-29(33-26)25-12-22-16-35(8)34-27(22)20(3)28(25)40-17-39-9/h10-13,16,18-19H,14-15,17H2,1-9H3/t18-,19-/m0/s1. The second-order valence-corrected chi connectivity index (χ2v) is 12.0. The molecule has 1 saturated heterocycles. The molecule has 0 saturated carbocycles. The average Bonchev–Trinajstić information content (AvgIpc) is 3.27. The quantitative estimate of drug-likeness (QED) is 0.291. The van der Waals surface area contributed by atoms with Crippen LogP contribution in [0.3, 0.4) is 0 Å².